The molecule has 4 nitrogen and oxygen atoms in total. The third-order valence-electron chi connectivity index (χ3n) is 2.72. The number of carboxylic acids is 1. The first kappa shape index (κ1) is 15.5. The van der Waals surface area contributed by atoms with Gasteiger partial charge in [0.05, 0.1) is 11.3 Å². The first-order chi connectivity index (χ1) is 10.1. The summed E-state index contributed by atoms with van der Waals surface area (Å²) in [5.41, 5.74) is 0.872. The number of nitrogens with zero attached hydrogens (tertiary/aromatic N) is 1. The highest BCUT2D eigenvalue weighted by Gasteiger charge is 2.13. The number of rotatable bonds is 6. The molecule has 0 aliphatic heterocycles. The van der Waals surface area contributed by atoms with Crippen molar-refractivity contribution < 1.29 is 14.7 Å². The molecular formula is C15H12ClNO3S. The second-order valence-corrected chi connectivity index (χ2v) is 5.63. The maximum absolute atomic E-state index is 12.0. The highest BCUT2D eigenvalue weighted by Crippen LogP contribution is 2.21. The minimum absolute atomic E-state index is 0.0323. The van der Waals surface area contributed by atoms with Crippen molar-refractivity contribution in [2.45, 2.75) is 11.4 Å². The molecule has 108 valence electrons. The molecule has 0 saturated heterocycles. The smallest absolute Gasteiger partial charge is 0.338 e. The fraction of sp³-hybridized carbons (Fsp3) is 0.133. The average Bonchev–Trinajstić information content (AvgIpc) is 2.48. The molecule has 1 aromatic carbocycles. The molecule has 0 fully saturated rings. The molecule has 0 amide bonds. The Morgan fingerprint density at radius 1 is 1.19 bits per heavy atom. The summed E-state index contributed by atoms with van der Waals surface area (Å²) >= 11 is 7.13. The van der Waals surface area contributed by atoms with E-state index < -0.39 is 5.97 Å². The van der Waals surface area contributed by atoms with Crippen LogP contribution in [0.1, 0.15) is 15.9 Å². The maximum Gasteiger partial charge on any atom is 0.338 e. The predicted octanol–water partition coefficient (Wildman–Crippen LogP) is 3.34. The Balaban J connectivity index is 1.99. The molecule has 1 heterocycles. The molecule has 2 rings (SSSR count). The Labute approximate surface area is 131 Å². The molecule has 0 spiro atoms. The van der Waals surface area contributed by atoms with E-state index in [-0.39, 0.29) is 23.5 Å². The zero-order chi connectivity index (χ0) is 15.2. The molecule has 0 radical (unpaired) electrons. The van der Waals surface area contributed by atoms with Crippen LogP contribution in [0.15, 0.2) is 47.6 Å². The van der Waals surface area contributed by atoms with E-state index in [1.54, 1.807) is 24.3 Å². The highest BCUT2D eigenvalue weighted by atomic mass is 35.5. The van der Waals surface area contributed by atoms with Gasteiger partial charge in [-0.3, -0.25) is 4.79 Å². The average molecular weight is 322 g/mol. The Hall–Kier alpha value is -1.85. The van der Waals surface area contributed by atoms with E-state index in [0.29, 0.717) is 10.0 Å². The van der Waals surface area contributed by atoms with Crippen molar-refractivity contribution >= 4 is 35.1 Å². The number of aromatic carboxylic acids is 1. The minimum atomic E-state index is -1.05. The monoisotopic (exact) mass is 321 g/mol. The topological polar surface area (TPSA) is 67.3 Å². The molecule has 1 N–H and O–H groups in total. The van der Waals surface area contributed by atoms with Crippen molar-refractivity contribution in [3.05, 3.63) is 58.7 Å². The second kappa shape index (κ2) is 7.24. The van der Waals surface area contributed by atoms with Gasteiger partial charge in [0.15, 0.2) is 0 Å². The van der Waals surface area contributed by atoms with Gasteiger partial charge in [-0.2, -0.15) is 0 Å². The van der Waals surface area contributed by atoms with Gasteiger partial charge in [0, 0.05) is 17.6 Å². The number of hydrogen-bond donors (Lipinski definition) is 1. The third-order valence-corrected chi connectivity index (χ3v) is 4.15. The zero-order valence-electron chi connectivity index (χ0n) is 11.0. The molecule has 0 aliphatic carbocycles. The van der Waals surface area contributed by atoms with E-state index in [9.17, 15) is 9.59 Å². The number of carboxylic acid groups (broad SMARTS) is 1. The summed E-state index contributed by atoms with van der Waals surface area (Å²) in [5.74, 6) is -0.929. The van der Waals surface area contributed by atoms with Crippen LogP contribution in [0, 0.1) is 0 Å². The van der Waals surface area contributed by atoms with Gasteiger partial charge >= 0.3 is 5.97 Å². The number of benzene rings is 1. The lowest BCUT2D eigenvalue weighted by Crippen LogP contribution is -2.08. The largest absolute Gasteiger partial charge is 0.478 e. The summed E-state index contributed by atoms with van der Waals surface area (Å²) in [5, 5.41) is 9.95. The lowest BCUT2D eigenvalue weighted by Gasteiger charge is -2.05. The zero-order valence-corrected chi connectivity index (χ0v) is 12.5. The van der Waals surface area contributed by atoms with E-state index in [4.69, 9.17) is 16.7 Å². The molecule has 6 heteroatoms. The molecule has 0 aliphatic rings. The van der Waals surface area contributed by atoms with Crippen molar-refractivity contribution in [2.24, 2.45) is 0 Å². The van der Waals surface area contributed by atoms with Gasteiger partial charge in [0.25, 0.3) is 0 Å². The molecule has 0 unspecified atom stereocenters. The van der Waals surface area contributed by atoms with Crippen LogP contribution in [0.5, 0.6) is 0 Å². The molecule has 0 saturated carbocycles. The van der Waals surface area contributed by atoms with Crippen molar-refractivity contribution in [2.75, 3.05) is 5.75 Å². The normalized spacial score (nSPS) is 10.3. The van der Waals surface area contributed by atoms with Crippen molar-refractivity contribution in [1.82, 2.24) is 4.98 Å². The number of carbonyl (C=O) groups excluding carboxylic acids is 1. The standard InChI is InChI=1S/C15H12ClNO3S/c16-13-6-2-1-4-10(13)8-11(18)9-21-14-12(15(19)20)5-3-7-17-14/h1-7H,8-9H2,(H,19,20). The van der Waals surface area contributed by atoms with E-state index in [1.807, 2.05) is 6.07 Å². The second-order valence-electron chi connectivity index (χ2n) is 4.26. The van der Waals surface area contributed by atoms with Crippen LogP contribution in [-0.4, -0.2) is 27.6 Å². The van der Waals surface area contributed by atoms with Crippen LogP contribution in [-0.2, 0) is 11.2 Å². The number of thioether (sulfide) groups is 1. The van der Waals surface area contributed by atoms with Crippen molar-refractivity contribution in [3.63, 3.8) is 0 Å². The van der Waals surface area contributed by atoms with Crippen molar-refractivity contribution in [1.29, 1.82) is 0 Å². The number of hydrogen-bond acceptors (Lipinski definition) is 4. The number of ketones is 1. The summed E-state index contributed by atoms with van der Waals surface area (Å²) in [4.78, 5) is 27.0. The molecule has 0 atom stereocenters. The van der Waals surface area contributed by atoms with Gasteiger partial charge in [-0.15, -0.1) is 0 Å². The van der Waals surface area contributed by atoms with Gasteiger partial charge in [-0.1, -0.05) is 41.6 Å². The summed E-state index contributed by atoms with van der Waals surface area (Å²) in [6.07, 6.45) is 1.73. The fourth-order valence-electron chi connectivity index (χ4n) is 1.72. The number of pyridine rings is 1. The number of aromatic nitrogens is 1. The molecule has 0 bridgehead atoms. The first-order valence-electron chi connectivity index (χ1n) is 6.14. The molecule has 1 aromatic heterocycles. The van der Waals surface area contributed by atoms with E-state index >= 15 is 0 Å². The van der Waals surface area contributed by atoms with E-state index in [2.05, 4.69) is 4.98 Å². The summed E-state index contributed by atoms with van der Waals surface area (Å²) in [7, 11) is 0. The van der Waals surface area contributed by atoms with Gasteiger partial charge in [0.1, 0.15) is 10.8 Å². The van der Waals surface area contributed by atoms with Gasteiger partial charge in [0.2, 0.25) is 0 Å². The van der Waals surface area contributed by atoms with Gasteiger partial charge in [-0.25, -0.2) is 9.78 Å². The quantitative estimate of drug-likeness (QED) is 0.826. The Kier molecular flexibility index (Phi) is 5.36. The van der Waals surface area contributed by atoms with Gasteiger partial charge < -0.3 is 5.11 Å². The summed E-state index contributed by atoms with van der Waals surface area (Å²) < 4.78 is 0. The van der Waals surface area contributed by atoms with Crippen LogP contribution >= 0.6 is 23.4 Å². The van der Waals surface area contributed by atoms with E-state index in [1.165, 1.54) is 12.3 Å². The molecule has 2 aromatic rings. The minimum Gasteiger partial charge on any atom is -0.478 e. The molecular weight excluding hydrogens is 310 g/mol. The van der Waals surface area contributed by atoms with E-state index in [0.717, 1.165) is 17.3 Å². The maximum atomic E-state index is 12.0. The van der Waals surface area contributed by atoms with Gasteiger partial charge in [-0.05, 0) is 23.8 Å². The van der Waals surface area contributed by atoms with Crippen LogP contribution in [0.25, 0.3) is 0 Å². The SMILES string of the molecule is O=C(CSc1ncccc1C(=O)O)Cc1ccccc1Cl. The fourth-order valence-corrected chi connectivity index (χ4v) is 2.77. The van der Waals surface area contributed by atoms with Crippen LogP contribution in [0.4, 0.5) is 0 Å². The first-order valence-corrected chi connectivity index (χ1v) is 7.50. The molecule has 21 heavy (non-hydrogen) atoms. The number of halogens is 1. The third kappa shape index (κ3) is 4.31. The van der Waals surface area contributed by atoms with Crippen LogP contribution in [0.2, 0.25) is 5.02 Å². The Morgan fingerprint density at radius 3 is 2.67 bits per heavy atom. The Morgan fingerprint density at radius 2 is 1.95 bits per heavy atom. The number of carbonyl (C=O) groups is 2. The van der Waals surface area contributed by atoms with Crippen LogP contribution < -0.4 is 0 Å². The number of Topliss-reactive ketones (excluding diaryl/α,β-unsaturated/α-hetero) is 1. The lowest BCUT2D eigenvalue weighted by molar-refractivity contribution is -0.116. The Bertz CT molecular complexity index is 675. The predicted molar refractivity (Wildman–Crippen MR) is 82.1 cm³/mol. The van der Waals surface area contributed by atoms with Crippen LogP contribution in [0.3, 0.4) is 0 Å². The summed E-state index contributed by atoms with van der Waals surface area (Å²) in [6, 6.07) is 10.2. The lowest BCUT2D eigenvalue weighted by atomic mass is 10.1. The highest BCUT2D eigenvalue weighted by molar-refractivity contribution is 8.00. The summed E-state index contributed by atoms with van der Waals surface area (Å²) in [6.45, 7) is 0. The van der Waals surface area contributed by atoms with Crippen molar-refractivity contribution in [3.8, 4) is 0 Å².